The average molecular weight is 525 g/mol. The summed E-state index contributed by atoms with van der Waals surface area (Å²) < 4.78 is 16.4. The highest BCUT2D eigenvalue weighted by Gasteiger charge is 2.35. The largest absolute Gasteiger partial charge is 0.380 e. The first-order valence-electron chi connectivity index (χ1n) is 12.9. The number of aliphatic hydroxyl groups is 1. The third kappa shape index (κ3) is 5.58. The van der Waals surface area contributed by atoms with Crippen LogP contribution in [0.2, 0.25) is 0 Å². The summed E-state index contributed by atoms with van der Waals surface area (Å²) in [6.07, 6.45) is 6.81. The van der Waals surface area contributed by atoms with Gasteiger partial charge in [0, 0.05) is 24.5 Å². The molecule has 1 amide bonds. The SMILES string of the molecule is Cc1cc(C(=O)Nc2cc(C(O)(CCC3CC3)c3cccnc3)ccc2F)n(-c2cc(C#N)cc(CN)c2)n1. The average Bonchev–Trinajstić information content (AvgIpc) is 3.71. The molecule has 8 nitrogen and oxygen atoms in total. The fourth-order valence-corrected chi connectivity index (χ4v) is 4.78. The fourth-order valence-electron chi connectivity index (χ4n) is 4.78. The molecule has 1 fully saturated rings. The molecule has 0 aliphatic heterocycles. The van der Waals surface area contributed by atoms with Crippen molar-refractivity contribution in [3.63, 3.8) is 0 Å². The predicted molar refractivity (Wildman–Crippen MR) is 144 cm³/mol. The highest BCUT2D eigenvalue weighted by atomic mass is 19.1. The minimum absolute atomic E-state index is 0.0648. The van der Waals surface area contributed by atoms with Gasteiger partial charge in [-0.3, -0.25) is 9.78 Å². The lowest BCUT2D eigenvalue weighted by molar-refractivity contribution is 0.0666. The highest BCUT2D eigenvalue weighted by molar-refractivity contribution is 6.03. The van der Waals surface area contributed by atoms with E-state index in [1.807, 2.05) is 0 Å². The van der Waals surface area contributed by atoms with Crippen molar-refractivity contribution >= 4 is 11.6 Å². The van der Waals surface area contributed by atoms with E-state index < -0.39 is 17.3 Å². The normalized spacial score (nSPS) is 14.4. The molecular formula is C30H29FN6O2. The molecular weight excluding hydrogens is 495 g/mol. The quantitative estimate of drug-likeness (QED) is 0.290. The van der Waals surface area contributed by atoms with Gasteiger partial charge in [-0.15, -0.1) is 0 Å². The fraction of sp³-hybridized carbons (Fsp3) is 0.267. The molecule has 4 aromatic rings. The predicted octanol–water partition coefficient (Wildman–Crippen LogP) is 4.72. The van der Waals surface area contributed by atoms with Crippen molar-refractivity contribution < 1.29 is 14.3 Å². The van der Waals surface area contributed by atoms with Crippen LogP contribution < -0.4 is 11.1 Å². The standard InChI is InChI=1S/C30H29FN6O2/c1-19-11-28(37(36-19)25-13-21(16-32)12-22(14-25)17-33)29(38)35-27-15-23(6-7-26(27)31)30(39,9-8-20-4-5-20)24-3-2-10-34-18-24/h2-3,6-7,10-15,18,20,39H,4-5,8-9,16,32H2,1H3,(H,35,38). The number of carbonyl (C=O) groups is 1. The second-order valence-electron chi connectivity index (χ2n) is 10.0. The molecule has 198 valence electrons. The van der Waals surface area contributed by atoms with E-state index in [0.717, 1.165) is 19.3 Å². The number of hydrogen-bond acceptors (Lipinski definition) is 6. The van der Waals surface area contributed by atoms with Crippen molar-refractivity contribution in [2.75, 3.05) is 5.32 Å². The maximum Gasteiger partial charge on any atom is 0.274 e. The van der Waals surface area contributed by atoms with Gasteiger partial charge < -0.3 is 16.2 Å². The number of nitrogens with two attached hydrogens (primary N) is 1. The van der Waals surface area contributed by atoms with Crippen LogP contribution in [-0.4, -0.2) is 25.8 Å². The van der Waals surface area contributed by atoms with Gasteiger partial charge in [0.2, 0.25) is 0 Å². The van der Waals surface area contributed by atoms with E-state index in [0.29, 0.717) is 46.0 Å². The zero-order chi connectivity index (χ0) is 27.6. The summed E-state index contributed by atoms with van der Waals surface area (Å²) in [6.45, 7) is 1.95. The maximum absolute atomic E-state index is 15.0. The monoisotopic (exact) mass is 524 g/mol. The number of hydrogen-bond donors (Lipinski definition) is 3. The Morgan fingerprint density at radius 1 is 1.23 bits per heavy atom. The van der Waals surface area contributed by atoms with E-state index in [1.54, 1.807) is 61.8 Å². The lowest BCUT2D eigenvalue weighted by atomic mass is 9.82. The third-order valence-electron chi connectivity index (χ3n) is 7.09. The molecule has 4 N–H and O–H groups in total. The summed E-state index contributed by atoms with van der Waals surface area (Å²) in [7, 11) is 0. The zero-order valence-corrected chi connectivity index (χ0v) is 21.6. The van der Waals surface area contributed by atoms with Gasteiger partial charge in [0.05, 0.1) is 28.7 Å². The number of nitriles is 1. The number of aromatic nitrogens is 3. The van der Waals surface area contributed by atoms with Gasteiger partial charge >= 0.3 is 0 Å². The minimum atomic E-state index is -1.39. The molecule has 1 aliphatic carbocycles. The first-order valence-corrected chi connectivity index (χ1v) is 12.9. The summed E-state index contributed by atoms with van der Waals surface area (Å²) in [6, 6.07) is 16.5. The van der Waals surface area contributed by atoms with Crippen molar-refractivity contribution in [3.8, 4) is 11.8 Å². The molecule has 0 bridgehead atoms. The Hall–Kier alpha value is -4.39. The Labute approximate surface area is 225 Å². The van der Waals surface area contributed by atoms with E-state index in [9.17, 15) is 15.2 Å². The van der Waals surface area contributed by atoms with Crippen molar-refractivity contribution in [2.45, 2.75) is 44.8 Å². The van der Waals surface area contributed by atoms with Crippen LogP contribution in [-0.2, 0) is 12.1 Å². The molecule has 1 unspecified atom stereocenters. The number of anilines is 1. The molecule has 0 saturated heterocycles. The van der Waals surface area contributed by atoms with Crippen LogP contribution in [0.1, 0.15) is 64.1 Å². The van der Waals surface area contributed by atoms with Crippen molar-refractivity contribution in [1.29, 1.82) is 5.26 Å². The molecule has 39 heavy (non-hydrogen) atoms. The number of benzene rings is 2. The van der Waals surface area contributed by atoms with Crippen LogP contribution in [0.25, 0.3) is 5.69 Å². The number of rotatable bonds is 9. The van der Waals surface area contributed by atoms with Crippen LogP contribution in [0.5, 0.6) is 0 Å². The number of amides is 1. The summed E-state index contributed by atoms with van der Waals surface area (Å²) in [5.41, 5.74) is 7.72. The molecule has 9 heteroatoms. The maximum atomic E-state index is 15.0. The Morgan fingerprint density at radius 2 is 2.05 bits per heavy atom. The van der Waals surface area contributed by atoms with Gasteiger partial charge in [0.25, 0.3) is 5.91 Å². The lowest BCUT2D eigenvalue weighted by Crippen LogP contribution is -2.28. The molecule has 2 aromatic heterocycles. The van der Waals surface area contributed by atoms with Crippen LogP contribution in [0, 0.1) is 30.0 Å². The molecule has 2 aromatic carbocycles. The second kappa shape index (κ2) is 10.8. The van der Waals surface area contributed by atoms with Gasteiger partial charge in [-0.2, -0.15) is 10.4 Å². The number of carbonyl (C=O) groups excluding carboxylic acids is 1. The van der Waals surface area contributed by atoms with Crippen molar-refractivity contribution in [2.24, 2.45) is 11.7 Å². The minimum Gasteiger partial charge on any atom is -0.380 e. The Morgan fingerprint density at radius 3 is 2.74 bits per heavy atom. The third-order valence-corrected chi connectivity index (χ3v) is 7.09. The molecule has 2 heterocycles. The summed E-state index contributed by atoms with van der Waals surface area (Å²) >= 11 is 0. The molecule has 1 saturated carbocycles. The first-order chi connectivity index (χ1) is 18.8. The first kappa shape index (κ1) is 26.2. The topological polar surface area (TPSA) is 130 Å². The lowest BCUT2D eigenvalue weighted by Gasteiger charge is -2.30. The van der Waals surface area contributed by atoms with E-state index in [1.165, 1.54) is 16.8 Å². The van der Waals surface area contributed by atoms with Gasteiger partial charge in [-0.1, -0.05) is 25.0 Å². The van der Waals surface area contributed by atoms with Crippen LogP contribution in [0.15, 0.2) is 67.0 Å². The number of nitrogens with zero attached hydrogens (tertiary/aromatic N) is 4. The van der Waals surface area contributed by atoms with E-state index in [2.05, 4.69) is 21.5 Å². The molecule has 0 spiro atoms. The number of aryl methyl sites for hydroxylation is 1. The van der Waals surface area contributed by atoms with E-state index in [4.69, 9.17) is 5.73 Å². The van der Waals surface area contributed by atoms with E-state index >= 15 is 4.39 Å². The van der Waals surface area contributed by atoms with Gasteiger partial charge in [0.1, 0.15) is 17.1 Å². The number of nitrogens with one attached hydrogen (secondary N) is 1. The highest BCUT2D eigenvalue weighted by Crippen LogP contribution is 2.41. The van der Waals surface area contributed by atoms with Crippen LogP contribution in [0.4, 0.5) is 10.1 Å². The smallest absolute Gasteiger partial charge is 0.274 e. The Kier molecular flexibility index (Phi) is 7.24. The van der Waals surface area contributed by atoms with Crippen LogP contribution in [0.3, 0.4) is 0 Å². The number of halogens is 1. The Balaban J connectivity index is 1.49. The summed E-state index contributed by atoms with van der Waals surface area (Å²) in [4.78, 5) is 17.6. The van der Waals surface area contributed by atoms with Crippen LogP contribution >= 0.6 is 0 Å². The summed E-state index contributed by atoms with van der Waals surface area (Å²) in [5.74, 6) is -0.649. The van der Waals surface area contributed by atoms with Gasteiger partial charge in [0.15, 0.2) is 0 Å². The van der Waals surface area contributed by atoms with Gasteiger partial charge in [-0.05, 0) is 79.3 Å². The molecule has 0 radical (unpaired) electrons. The molecule has 1 aliphatic rings. The summed E-state index contributed by atoms with van der Waals surface area (Å²) in [5, 5.41) is 28.4. The van der Waals surface area contributed by atoms with Crippen molar-refractivity contribution in [3.05, 3.63) is 106 Å². The number of pyridine rings is 1. The molecule has 1 atom stereocenters. The second-order valence-corrected chi connectivity index (χ2v) is 10.0. The van der Waals surface area contributed by atoms with E-state index in [-0.39, 0.29) is 17.9 Å². The molecule has 5 rings (SSSR count). The van der Waals surface area contributed by atoms with Gasteiger partial charge in [-0.25, -0.2) is 9.07 Å². The Bertz CT molecular complexity index is 1560. The van der Waals surface area contributed by atoms with Crippen molar-refractivity contribution in [1.82, 2.24) is 14.8 Å². The zero-order valence-electron chi connectivity index (χ0n) is 21.6.